The van der Waals surface area contributed by atoms with E-state index in [1.165, 1.54) is 0 Å². The normalized spacial score (nSPS) is 12.2. The monoisotopic (exact) mass is 289 g/mol. The molecule has 0 saturated heterocycles. The van der Waals surface area contributed by atoms with Crippen molar-refractivity contribution in [3.63, 3.8) is 0 Å². The Morgan fingerprint density at radius 2 is 2.05 bits per heavy atom. The zero-order valence-corrected chi connectivity index (χ0v) is 12.6. The van der Waals surface area contributed by atoms with Gasteiger partial charge in [-0.15, -0.1) is 0 Å². The lowest BCUT2D eigenvalue weighted by molar-refractivity contribution is -0.123. The molecule has 0 aliphatic heterocycles. The summed E-state index contributed by atoms with van der Waals surface area (Å²) >= 11 is 0. The van der Waals surface area contributed by atoms with Gasteiger partial charge in [-0.1, -0.05) is 44.2 Å². The van der Waals surface area contributed by atoms with E-state index >= 15 is 0 Å². The number of aliphatic hydroxyl groups is 1. The van der Waals surface area contributed by atoms with Crippen LogP contribution in [0, 0.1) is 17.2 Å². The van der Waals surface area contributed by atoms with Gasteiger partial charge in [0.05, 0.1) is 19.2 Å². The molecule has 114 valence electrons. The topological polar surface area (TPSA) is 76.4 Å². The highest BCUT2D eigenvalue weighted by molar-refractivity contribution is 5.78. The Hall–Kier alpha value is -1.90. The molecule has 21 heavy (non-hydrogen) atoms. The van der Waals surface area contributed by atoms with E-state index in [0.717, 1.165) is 5.56 Å². The highest BCUT2D eigenvalue weighted by Gasteiger charge is 2.23. The van der Waals surface area contributed by atoms with Crippen LogP contribution in [-0.2, 0) is 11.3 Å². The molecular weight excluding hydrogens is 266 g/mol. The fourth-order valence-electron chi connectivity index (χ4n) is 2.23. The minimum absolute atomic E-state index is 0.00345. The van der Waals surface area contributed by atoms with Crippen LogP contribution in [0.1, 0.15) is 19.4 Å². The molecule has 0 aliphatic rings. The number of nitriles is 1. The molecule has 0 fully saturated rings. The van der Waals surface area contributed by atoms with Crippen LogP contribution in [0.5, 0.6) is 0 Å². The Labute approximate surface area is 126 Å². The van der Waals surface area contributed by atoms with Crippen molar-refractivity contribution in [2.45, 2.75) is 26.4 Å². The van der Waals surface area contributed by atoms with Crippen LogP contribution in [0.3, 0.4) is 0 Å². The van der Waals surface area contributed by atoms with Crippen LogP contribution in [0.4, 0.5) is 0 Å². The van der Waals surface area contributed by atoms with Gasteiger partial charge in [0, 0.05) is 12.6 Å². The Morgan fingerprint density at radius 1 is 1.38 bits per heavy atom. The average molecular weight is 289 g/mol. The quantitative estimate of drug-likeness (QED) is 0.704. The first kappa shape index (κ1) is 17.2. The first-order chi connectivity index (χ1) is 10.1. The van der Waals surface area contributed by atoms with Crippen LogP contribution in [-0.4, -0.2) is 41.7 Å². The average Bonchev–Trinajstić information content (AvgIpc) is 2.46. The largest absolute Gasteiger partial charge is 0.395 e. The Morgan fingerprint density at radius 3 is 2.57 bits per heavy atom. The van der Waals surface area contributed by atoms with Gasteiger partial charge in [0.1, 0.15) is 6.54 Å². The summed E-state index contributed by atoms with van der Waals surface area (Å²) in [6, 6.07) is 11.6. The number of benzene rings is 1. The van der Waals surface area contributed by atoms with E-state index in [0.29, 0.717) is 6.54 Å². The number of nitrogens with one attached hydrogen (secondary N) is 1. The molecule has 1 aromatic carbocycles. The summed E-state index contributed by atoms with van der Waals surface area (Å²) in [7, 11) is 0. The Kier molecular flexibility index (Phi) is 7.44. The van der Waals surface area contributed by atoms with Gasteiger partial charge in [0.2, 0.25) is 5.91 Å². The van der Waals surface area contributed by atoms with Crippen molar-refractivity contribution in [1.29, 1.82) is 5.26 Å². The third-order valence-corrected chi connectivity index (χ3v) is 3.37. The molecule has 1 atom stereocenters. The molecule has 1 rings (SSSR count). The van der Waals surface area contributed by atoms with Gasteiger partial charge in [-0.3, -0.25) is 9.69 Å². The van der Waals surface area contributed by atoms with Crippen LogP contribution < -0.4 is 5.32 Å². The number of carbonyl (C=O) groups is 1. The lowest BCUT2D eigenvalue weighted by Crippen LogP contribution is -2.46. The molecule has 5 nitrogen and oxygen atoms in total. The number of hydrogen-bond donors (Lipinski definition) is 2. The number of carbonyl (C=O) groups excluding carboxylic acids is 1. The third-order valence-electron chi connectivity index (χ3n) is 3.37. The molecule has 1 amide bonds. The molecule has 5 heteroatoms. The lowest BCUT2D eigenvalue weighted by atomic mass is 10.0. The van der Waals surface area contributed by atoms with Crippen molar-refractivity contribution >= 4 is 5.91 Å². The van der Waals surface area contributed by atoms with Crippen molar-refractivity contribution in [3.05, 3.63) is 35.9 Å². The molecule has 2 N–H and O–H groups in total. The number of amides is 1. The van der Waals surface area contributed by atoms with Gasteiger partial charge < -0.3 is 10.4 Å². The number of aliphatic hydroxyl groups excluding tert-OH is 1. The molecule has 0 aromatic heterocycles. The second-order valence-corrected chi connectivity index (χ2v) is 5.32. The smallest absolute Gasteiger partial charge is 0.235 e. The van der Waals surface area contributed by atoms with Gasteiger partial charge in [0.25, 0.3) is 0 Å². The van der Waals surface area contributed by atoms with E-state index in [4.69, 9.17) is 5.26 Å². The van der Waals surface area contributed by atoms with Crippen LogP contribution in [0.25, 0.3) is 0 Å². The summed E-state index contributed by atoms with van der Waals surface area (Å²) < 4.78 is 0. The predicted octanol–water partition coefficient (Wildman–Crippen LogP) is 1.15. The summed E-state index contributed by atoms with van der Waals surface area (Å²) in [6.45, 7) is 4.79. The lowest BCUT2D eigenvalue weighted by Gasteiger charge is -2.32. The second-order valence-electron chi connectivity index (χ2n) is 5.32. The Balaban J connectivity index is 2.79. The molecule has 1 unspecified atom stereocenters. The summed E-state index contributed by atoms with van der Waals surface area (Å²) in [5.74, 6) is 0.0223. The van der Waals surface area contributed by atoms with Crippen molar-refractivity contribution < 1.29 is 9.90 Å². The second kappa shape index (κ2) is 9.11. The van der Waals surface area contributed by atoms with Crippen molar-refractivity contribution in [1.82, 2.24) is 10.2 Å². The predicted molar refractivity (Wildman–Crippen MR) is 81.2 cm³/mol. The minimum atomic E-state index is -0.202. The zero-order valence-electron chi connectivity index (χ0n) is 12.6. The minimum Gasteiger partial charge on any atom is -0.395 e. The number of hydrogen-bond acceptors (Lipinski definition) is 4. The molecule has 0 saturated carbocycles. The van der Waals surface area contributed by atoms with Gasteiger partial charge >= 0.3 is 0 Å². The Bertz CT molecular complexity index is 468. The summed E-state index contributed by atoms with van der Waals surface area (Å²) in [4.78, 5) is 13.8. The SMILES string of the molecule is CC(C)C(CO)N(CC(=O)NCC#N)Cc1ccccc1. The highest BCUT2D eigenvalue weighted by Crippen LogP contribution is 2.14. The molecule has 0 radical (unpaired) electrons. The van der Waals surface area contributed by atoms with E-state index in [2.05, 4.69) is 5.32 Å². The van der Waals surface area contributed by atoms with Crippen LogP contribution >= 0.6 is 0 Å². The molecule has 0 aliphatic carbocycles. The number of nitrogens with zero attached hydrogens (tertiary/aromatic N) is 2. The maximum atomic E-state index is 11.9. The molecule has 1 aromatic rings. The first-order valence-electron chi connectivity index (χ1n) is 7.11. The third kappa shape index (κ3) is 5.94. The maximum Gasteiger partial charge on any atom is 0.235 e. The molecular formula is C16H23N3O2. The first-order valence-corrected chi connectivity index (χ1v) is 7.11. The summed E-state index contributed by atoms with van der Waals surface area (Å²) in [5.41, 5.74) is 1.09. The standard InChI is InChI=1S/C16H23N3O2/c1-13(2)15(12-20)19(11-16(21)18-9-8-17)10-14-6-4-3-5-7-14/h3-7,13,15,20H,9-12H2,1-2H3,(H,18,21). The van der Waals surface area contributed by atoms with E-state index in [1.54, 1.807) is 0 Å². The molecule has 0 bridgehead atoms. The van der Waals surface area contributed by atoms with Crippen LogP contribution in [0.2, 0.25) is 0 Å². The van der Waals surface area contributed by atoms with Crippen molar-refractivity contribution in [3.8, 4) is 6.07 Å². The van der Waals surface area contributed by atoms with E-state index < -0.39 is 0 Å². The van der Waals surface area contributed by atoms with Gasteiger partial charge in [-0.05, 0) is 11.5 Å². The summed E-state index contributed by atoms with van der Waals surface area (Å²) in [6.07, 6.45) is 0. The molecule has 0 spiro atoms. The van der Waals surface area contributed by atoms with E-state index in [-0.39, 0.29) is 37.6 Å². The van der Waals surface area contributed by atoms with E-state index in [1.807, 2.05) is 55.1 Å². The van der Waals surface area contributed by atoms with Crippen LogP contribution in [0.15, 0.2) is 30.3 Å². The fourth-order valence-corrected chi connectivity index (χ4v) is 2.23. The van der Waals surface area contributed by atoms with Crippen molar-refractivity contribution in [2.24, 2.45) is 5.92 Å². The molecule has 0 heterocycles. The zero-order chi connectivity index (χ0) is 15.7. The fraction of sp³-hybridized carbons (Fsp3) is 0.500. The van der Waals surface area contributed by atoms with Crippen molar-refractivity contribution in [2.75, 3.05) is 19.7 Å². The van der Waals surface area contributed by atoms with Gasteiger partial charge in [-0.2, -0.15) is 5.26 Å². The summed E-state index contributed by atoms with van der Waals surface area (Å²) in [5, 5.41) is 20.7. The maximum absolute atomic E-state index is 11.9. The van der Waals surface area contributed by atoms with E-state index in [9.17, 15) is 9.90 Å². The van der Waals surface area contributed by atoms with Gasteiger partial charge in [-0.25, -0.2) is 0 Å². The highest BCUT2D eigenvalue weighted by atomic mass is 16.3. The number of rotatable bonds is 8. The van der Waals surface area contributed by atoms with Gasteiger partial charge in [0.15, 0.2) is 0 Å².